The molecule has 149 heavy (non-hydrogen) atoms. The van der Waals surface area contributed by atoms with Gasteiger partial charge in [-0.3, -0.25) is 52.8 Å². The lowest BCUT2D eigenvalue weighted by atomic mass is 9.90. The summed E-state index contributed by atoms with van der Waals surface area (Å²) in [6.45, 7) is 6.58. The number of amides is 12. The minimum absolute atomic E-state index is 0.00173. The Morgan fingerprint density at radius 1 is 0.403 bits per heavy atom. The largest absolute Gasteiger partial charge is 0.481 e. The third-order valence-electron chi connectivity index (χ3n) is 26.0. The van der Waals surface area contributed by atoms with Crippen LogP contribution in [-0.4, -0.2) is 273 Å². The molecular weight excluding hydrogens is 1970 g/mol. The number of nitrogens with zero attached hydrogens (tertiary/aromatic N) is 5. The number of aliphatic carboxylic acids is 2. The number of hydrogen-bond acceptors (Lipinski definition) is 27. The number of sulfone groups is 2. The minimum atomic E-state index is -4.19. The van der Waals surface area contributed by atoms with E-state index in [9.17, 15) is 98.7 Å². The number of fused-ring (bicyclic) bond motifs is 4. The monoisotopic (exact) mass is 2090 g/mol. The van der Waals surface area contributed by atoms with Crippen LogP contribution in [-0.2, 0) is 125 Å². The molecule has 4 unspecified atom stereocenters. The van der Waals surface area contributed by atoms with Crippen LogP contribution in [0.2, 0.25) is 0 Å². The Hall–Kier alpha value is -15.3. The fourth-order valence-electron chi connectivity index (χ4n) is 17.8. The van der Waals surface area contributed by atoms with Gasteiger partial charge in [-0.15, -0.1) is 0 Å². The molecule has 0 aliphatic carbocycles. The number of carbonyl (C=O) groups is 16. The molecule has 4 aliphatic heterocycles. The van der Waals surface area contributed by atoms with Crippen molar-refractivity contribution >= 4 is 126 Å². The number of likely N-dealkylation sites (tertiary alicyclic amines) is 2. The highest BCUT2D eigenvalue weighted by atomic mass is 32.2. The van der Waals surface area contributed by atoms with Gasteiger partial charge in [0.05, 0.1) is 89.3 Å². The second-order valence-corrected chi connectivity index (χ2v) is 40.3. The molecule has 2 fully saturated rings. The number of carboxylic acids is 2. The lowest BCUT2D eigenvalue weighted by molar-refractivity contribution is -0.236. The number of piperidine rings is 2. The number of ether oxygens (including phenoxy) is 3. The van der Waals surface area contributed by atoms with E-state index in [1.165, 1.54) is 88.7 Å². The van der Waals surface area contributed by atoms with Crippen molar-refractivity contribution in [3.8, 4) is 0 Å². The molecule has 12 rings (SSSR count). The van der Waals surface area contributed by atoms with Crippen molar-refractivity contribution in [3.05, 3.63) is 250 Å². The number of nitrogens with one attached hydrogen (secondary N) is 9. The maximum absolute atomic E-state index is 14.4. The molecule has 43 heteroatoms. The summed E-state index contributed by atoms with van der Waals surface area (Å²) < 4.78 is 70.5. The molecule has 794 valence electrons. The number of hydrogen-bond donors (Lipinski definition) is 12. The Morgan fingerprint density at radius 2 is 0.785 bits per heavy atom. The molecule has 41 nitrogen and oxygen atoms in total. The molecule has 0 saturated carbocycles. The summed E-state index contributed by atoms with van der Waals surface area (Å²) in [5, 5.41) is 49.3. The van der Waals surface area contributed by atoms with E-state index in [-0.39, 0.29) is 156 Å². The summed E-state index contributed by atoms with van der Waals surface area (Å²) in [7, 11) is -3.26. The van der Waals surface area contributed by atoms with Crippen molar-refractivity contribution in [2.45, 2.75) is 172 Å². The molecule has 12 amide bonds. The third kappa shape index (κ3) is 33.6. The van der Waals surface area contributed by atoms with Gasteiger partial charge in [-0.2, -0.15) is 5.26 Å². The zero-order valence-electron chi connectivity index (χ0n) is 83.3. The number of anilines is 2. The fourth-order valence-corrected chi connectivity index (χ4v) is 21.1. The number of benzene rings is 8. The van der Waals surface area contributed by atoms with Gasteiger partial charge in [-0.1, -0.05) is 133 Å². The van der Waals surface area contributed by atoms with Gasteiger partial charge in [0.15, 0.2) is 0 Å². The predicted molar refractivity (Wildman–Crippen MR) is 543 cm³/mol. The molecule has 2 saturated heterocycles. The van der Waals surface area contributed by atoms with Crippen LogP contribution in [0.5, 0.6) is 0 Å². The molecule has 0 aromatic heterocycles. The van der Waals surface area contributed by atoms with Gasteiger partial charge in [-0.05, 0) is 222 Å². The van der Waals surface area contributed by atoms with E-state index >= 15 is 0 Å². The lowest BCUT2D eigenvalue weighted by Gasteiger charge is -2.32. The maximum atomic E-state index is 14.4. The lowest BCUT2D eigenvalue weighted by Crippen LogP contribution is -2.51. The Balaban J connectivity index is 0.000000283. The standard InChI is InChI=1S/C55H67N7O13S.C51H59N7O14S/c1-60(29-10-30-61-31-25-39(26-32-61)33-37-11-6-5-7-12-37)51(66)41-19-22-47-45(35-41)62(52(67)42-13-8-9-14-46(42)76(47,71)72)36-40-17-15-38(16-18-40)34-49(64)57-28-27-56-48(63)23-20-43(53(68)74-3)58-55(70)59-44(54(69)75-4)21-24-50(65)73-2;59-44(19-16-39(49(65)66)55-51(68)56-40(50(67)72-69)17-20-46(61)62)52-24-25-53-45(60)30-34-11-13-36(14-12-34)32-58-41-31-37(15-18-43(41)73(70,71)42-10-5-4-9-38(42)48(58)64)47(63)54-23-6-26-57-27-21-35(22-28-57)29-33-7-2-1-3-8-33/h5-9,11-19,22,35,39,43-44H,10,20-21,23-34,36H2,1-4H3,(H,56,63)(H,57,64)(H2,58,59,70);1-5,7-15,18,31,35,39-40,69H,6,16-17,19-30,32H2,(H,52,59)(H,53,60)(H,54,63)(H,61,62)(H,65,66)(H2,55,56,68). The van der Waals surface area contributed by atoms with Crippen LogP contribution >= 0.6 is 0 Å². The van der Waals surface area contributed by atoms with Gasteiger partial charge < -0.3 is 96.8 Å². The number of carboxylic acid groups (broad SMARTS) is 2. The van der Waals surface area contributed by atoms with Crippen LogP contribution in [0.15, 0.2) is 214 Å². The van der Waals surface area contributed by atoms with Crippen molar-refractivity contribution in [2.24, 2.45) is 11.8 Å². The summed E-state index contributed by atoms with van der Waals surface area (Å²) in [4.78, 5) is 215. The number of carbonyl (C=O) groups excluding carboxylic acids is 14. The highest BCUT2D eigenvalue weighted by molar-refractivity contribution is 7.92. The Labute approximate surface area is 862 Å². The maximum Gasteiger partial charge on any atom is 0.364 e. The number of methoxy groups -OCH3 is 3. The van der Waals surface area contributed by atoms with E-state index < -0.39 is 140 Å². The zero-order chi connectivity index (χ0) is 107. The smallest absolute Gasteiger partial charge is 0.364 e. The Kier molecular flexibility index (Phi) is 42.8. The minimum Gasteiger partial charge on any atom is -0.481 e. The second-order valence-electron chi connectivity index (χ2n) is 36.5. The van der Waals surface area contributed by atoms with Crippen LogP contribution in [0.1, 0.15) is 165 Å². The van der Waals surface area contributed by atoms with Crippen molar-refractivity contribution in [2.75, 3.05) is 117 Å². The Bertz CT molecular complexity index is 6330. The molecule has 8 aromatic rings. The van der Waals surface area contributed by atoms with Gasteiger partial charge in [0.25, 0.3) is 23.6 Å². The van der Waals surface area contributed by atoms with Gasteiger partial charge >= 0.3 is 47.9 Å². The van der Waals surface area contributed by atoms with Crippen LogP contribution in [0, 0.1) is 11.8 Å². The van der Waals surface area contributed by atoms with Crippen molar-refractivity contribution in [1.82, 2.24) is 62.6 Å². The van der Waals surface area contributed by atoms with E-state index in [0.29, 0.717) is 47.2 Å². The van der Waals surface area contributed by atoms with Crippen LogP contribution in [0.25, 0.3) is 0 Å². The van der Waals surface area contributed by atoms with E-state index in [2.05, 4.69) is 115 Å². The molecule has 4 aliphatic rings. The first kappa shape index (κ1) is 114. The molecular formula is C106H126N14O27S2. The van der Waals surface area contributed by atoms with E-state index in [0.717, 1.165) is 105 Å². The normalized spacial score (nSPS) is 14.9. The highest BCUT2D eigenvalue weighted by Crippen LogP contribution is 2.41. The molecule has 12 N–H and O–H groups in total. The first-order chi connectivity index (χ1) is 71.5. The fraction of sp³-hybridized carbons (Fsp3) is 0.396. The second kappa shape index (κ2) is 56.0. The molecule has 0 bridgehead atoms. The highest BCUT2D eigenvalue weighted by Gasteiger charge is 2.40. The zero-order valence-corrected chi connectivity index (χ0v) is 84.9. The molecule has 4 heterocycles. The number of esters is 3. The summed E-state index contributed by atoms with van der Waals surface area (Å²) in [5.74, 6) is -8.81. The third-order valence-corrected chi connectivity index (χ3v) is 29.7. The van der Waals surface area contributed by atoms with Gasteiger partial charge in [0, 0.05) is 83.1 Å². The first-order valence-corrected chi connectivity index (χ1v) is 52.0. The van der Waals surface area contributed by atoms with Crippen LogP contribution < -0.4 is 57.7 Å². The van der Waals surface area contributed by atoms with Crippen molar-refractivity contribution in [1.29, 1.82) is 0 Å². The van der Waals surface area contributed by atoms with Crippen LogP contribution in [0.4, 0.5) is 21.0 Å². The average molecular weight is 2090 g/mol. The van der Waals surface area contributed by atoms with Crippen molar-refractivity contribution < 1.29 is 128 Å². The number of rotatable bonds is 48. The van der Waals surface area contributed by atoms with E-state index in [1.54, 1.807) is 84.7 Å². The molecule has 8 aromatic carbocycles. The SMILES string of the molecule is COC(=O)CCC(NC(=O)NC(CCC(=O)NCCNC(=O)Cc1ccc(CN2C(=O)c3ccccc3S(=O)(=O)c3ccc(C(=O)N(C)CCCN4CCC(Cc5ccccc5)CC4)cc32)cc1)C(=O)OC)C(=O)OC.O=C(O)CCC(NC(=O)NC(CCC(=O)NCCNC(=O)Cc1ccc(CN2C(=O)c3ccccc3S(=O)(=O)c3ccc(C(=O)NCCCN4CCC(Cc5ccccc5)CC4)cc32)cc1)C(=O)O)C(=O)OO. The van der Waals surface area contributed by atoms with E-state index in [4.69, 9.17) is 15.1 Å². The summed E-state index contributed by atoms with van der Waals surface area (Å²) in [6, 6.07) is 47.5. The quantitative estimate of drug-likeness (QED) is 0.00585. The topological polar surface area (TPSA) is 563 Å². The summed E-state index contributed by atoms with van der Waals surface area (Å²) in [6.07, 6.45) is 5.58. The van der Waals surface area contributed by atoms with Gasteiger partial charge in [-0.25, -0.2) is 45.6 Å². The Morgan fingerprint density at radius 3 is 1.21 bits per heavy atom. The first-order valence-electron chi connectivity index (χ1n) is 49.1. The summed E-state index contributed by atoms with van der Waals surface area (Å²) in [5.41, 5.74) is 5.75. The van der Waals surface area contributed by atoms with E-state index in [1.807, 2.05) is 17.4 Å². The summed E-state index contributed by atoms with van der Waals surface area (Å²) >= 11 is 0. The van der Waals surface area contributed by atoms with Gasteiger partial charge in [0.2, 0.25) is 43.3 Å². The molecule has 4 atom stereocenters. The van der Waals surface area contributed by atoms with Crippen LogP contribution in [0.3, 0.4) is 0 Å². The molecule has 0 spiro atoms. The van der Waals surface area contributed by atoms with Crippen molar-refractivity contribution in [3.63, 3.8) is 0 Å². The average Bonchev–Trinajstić information content (AvgIpc) is 1.60. The molecule has 0 radical (unpaired) electrons. The predicted octanol–water partition coefficient (Wildman–Crippen LogP) is 7.30. The number of urea groups is 2. The van der Waals surface area contributed by atoms with Gasteiger partial charge in [0.1, 0.15) is 24.2 Å².